The highest BCUT2D eigenvalue weighted by atomic mass is 16.1. The van der Waals surface area contributed by atoms with Crippen LogP contribution in [0.4, 0.5) is 5.82 Å². The molecule has 86 valence electrons. The average molecular weight is 219 g/mol. The molecule has 0 bridgehead atoms. The lowest BCUT2D eigenvalue weighted by molar-refractivity contribution is 0.0995. The maximum absolute atomic E-state index is 11.8. The molecular weight excluding hydrogens is 202 g/mol. The van der Waals surface area contributed by atoms with Gasteiger partial charge >= 0.3 is 0 Å². The molecule has 0 N–H and O–H groups in total. The minimum Gasteiger partial charge on any atom is -0.307 e. The molecule has 0 radical (unpaired) electrons. The summed E-state index contributed by atoms with van der Waals surface area (Å²) in [6.07, 6.45) is 0.396. The van der Waals surface area contributed by atoms with Gasteiger partial charge in [0, 0.05) is 11.3 Å². The molecule has 0 unspecified atom stereocenters. The van der Waals surface area contributed by atoms with Crippen LogP contribution in [0.25, 0.3) is 0 Å². The minimum atomic E-state index is -0.105. The average Bonchev–Trinajstić information content (AvgIpc) is 2.40. The van der Waals surface area contributed by atoms with E-state index in [9.17, 15) is 4.79 Å². The number of aromatic nitrogens is 2. The molecule has 1 aromatic rings. The van der Waals surface area contributed by atoms with Gasteiger partial charge in [-0.1, -0.05) is 0 Å². The molecule has 0 saturated heterocycles. The van der Waals surface area contributed by atoms with Crippen LogP contribution in [0.5, 0.6) is 0 Å². The number of carbonyl (C=O) groups excluding carboxylic acids is 1. The highest BCUT2D eigenvalue weighted by Crippen LogP contribution is 2.32. The van der Waals surface area contributed by atoms with Crippen LogP contribution < -0.4 is 0 Å². The quantitative estimate of drug-likeness (QED) is 0.673. The van der Waals surface area contributed by atoms with Crippen LogP contribution >= 0.6 is 0 Å². The van der Waals surface area contributed by atoms with Gasteiger partial charge in [0.25, 0.3) is 0 Å². The van der Waals surface area contributed by atoms with Gasteiger partial charge in [0.2, 0.25) is 0 Å². The van der Waals surface area contributed by atoms with Gasteiger partial charge < -0.3 is 4.57 Å². The largest absolute Gasteiger partial charge is 0.307 e. The molecule has 1 aliphatic heterocycles. The molecule has 0 aliphatic carbocycles. The molecule has 0 spiro atoms. The van der Waals surface area contributed by atoms with E-state index in [1.165, 1.54) is 0 Å². The van der Waals surface area contributed by atoms with Crippen molar-refractivity contribution in [3.63, 3.8) is 0 Å². The molecule has 2 rings (SSSR count). The zero-order valence-corrected chi connectivity index (χ0v) is 10.5. The SMILES string of the molecule is CC1=Nc2c(nc(C)n2C(C)(C)C)C(=O)C1. The maximum Gasteiger partial charge on any atom is 0.190 e. The van der Waals surface area contributed by atoms with Crippen LogP contribution in [0, 0.1) is 6.92 Å². The minimum absolute atomic E-state index is 0.0774. The van der Waals surface area contributed by atoms with E-state index in [1.807, 2.05) is 18.4 Å². The lowest BCUT2D eigenvalue weighted by Crippen LogP contribution is -2.23. The summed E-state index contributed by atoms with van der Waals surface area (Å²) in [6, 6.07) is 0. The third-order valence-corrected chi connectivity index (χ3v) is 2.67. The Labute approximate surface area is 95.4 Å². The third kappa shape index (κ3) is 1.58. The van der Waals surface area contributed by atoms with Crippen molar-refractivity contribution < 1.29 is 4.79 Å². The predicted octanol–water partition coefficient (Wildman–Crippen LogP) is 2.63. The van der Waals surface area contributed by atoms with E-state index in [0.717, 1.165) is 17.4 Å². The maximum atomic E-state index is 11.8. The highest BCUT2D eigenvalue weighted by Gasteiger charge is 2.29. The molecule has 1 aliphatic rings. The van der Waals surface area contributed by atoms with Crippen molar-refractivity contribution in [1.29, 1.82) is 0 Å². The van der Waals surface area contributed by atoms with Crippen LogP contribution in [-0.4, -0.2) is 21.0 Å². The van der Waals surface area contributed by atoms with Gasteiger partial charge in [-0.25, -0.2) is 9.98 Å². The zero-order valence-electron chi connectivity index (χ0n) is 10.5. The summed E-state index contributed by atoms with van der Waals surface area (Å²) in [7, 11) is 0. The van der Waals surface area contributed by atoms with Gasteiger partial charge in [0.1, 0.15) is 5.82 Å². The van der Waals surface area contributed by atoms with Crippen molar-refractivity contribution in [1.82, 2.24) is 9.55 Å². The van der Waals surface area contributed by atoms with E-state index in [2.05, 4.69) is 30.7 Å². The Kier molecular flexibility index (Phi) is 2.26. The molecule has 0 saturated carbocycles. The molecule has 4 heteroatoms. The number of ketones is 1. The van der Waals surface area contributed by atoms with E-state index >= 15 is 0 Å². The van der Waals surface area contributed by atoms with Crippen LogP contribution in [0.2, 0.25) is 0 Å². The van der Waals surface area contributed by atoms with Crippen molar-refractivity contribution in [2.45, 2.75) is 46.6 Å². The van der Waals surface area contributed by atoms with Gasteiger partial charge in [0.05, 0.1) is 6.42 Å². The Balaban J connectivity index is 2.72. The predicted molar refractivity (Wildman–Crippen MR) is 63.7 cm³/mol. The van der Waals surface area contributed by atoms with Crippen molar-refractivity contribution in [2.75, 3.05) is 0 Å². The molecule has 16 heavy (non-hydrogen) atoms. The van der Waals surface area contributed by atoms with E-state index < -0.39 is 0 Å². The van der Waals surface area contributed by atoms with E-state index in [-0.39, 0.29) is 11.3 Å². The second kappa shape index (κ2) is 3.27. The van der Waals surface area contributed by atoms with Crippen LogP contribution in [0.3, 0.4) is 0 Å². The molecule has 0 fully saturated rings. The Morgan fingerprint density at radius 3 is 2.44 bits per heavy atom. The Bertz CT molecular complexity index is 489. The second-order valence-electron chi connectivity index (χ2n) is 5.28. The lowest BCUT2D eigenvalue weighted by Gasteiger charge is -2.24. The van der Waals surface area contributed by atoms with Crippen molar-refractivity contribution >= 4 is 17.3 Å². The molecule has 0 aromatic carbocycles. The fourth-order valence-corrected chi connectivity index (χ4v) is 2.15. The Hall–Kier alpha value is -1.45. The van der Waals surface area contributed by atoms with E-state index in [0.29, 0.717) is 12.1 Å². The number of fused-ring (bicyclic) bond motifs is 1. The number of rotatable bonds is 0. The standard InChI is InChI=1S/C12H17N3O/c1-7-6-9(16)10-11(13-7)15(8(2)14-10)12(3,4)5/h6H2,1-5H3. The second-order valence-corrected chi connectivity index (χ2v) is 5.28. The van der Waals surface area contributed by atoms with Crippen molar-refractivity contribution in [3.05, 3.63) is 11.5 Å². The monoisotopic (exact) mass is 219 g/mol. The fourth-order valence-electron chi connectivity index (χ4n) is 2.15. The summed E-state index contributed by atoms with van der Waals surface area (Å²) in [5.41, 5.74) is 1.28. The Morgan fingerprint density at radius 1 is 1.25 bits per heavy atom. The van der Waals surface area contributed by atoms with Gasteiger partial charge in [-0.15, -0.1) is 0 Å². The molecular formula is C12H17N3O. The first-order valence-electron chi connectivity index (χ1n) is 5.48. The zero-order chi connectivity index (χ0) is 12.1. The summed E-state index contributed by atoms with van der Waals surface area (Å²) in [6.45, 7) is 10.1. The number of hydrogen-bond donors (Lipinski definition) is 0. The summed E-state index contributed by atoms with van der Waals surface area (Å²) < 4.78 is 2.03. The number of nitrogens with zero attached hydrogens (tertiary/aromatic N) is 3. The van der Waals surface area contributed by atoms with Gasteiger partial charge in [-0.3, -0.25) is 4.79 Å². The topological polar surface area (TPSA) is 47.2 Å². The first kappa shape index (κ1) is 11.0. The lowest BCUT2D eigenvalue weighted by atomic mass is 10.1. The van der Waals surface area contributed by atoms with Crippen LogP contribution in [0.1, 0.15) is 50.4 Å². The van der Waals surface area contributed by atoms with E-state index in [1.54, 1.807) is 0 Å². The highest BCUT2D eigenvalue weighted by molar-refractivity contribution is 6.13. The van der Waals surface area contributed by atoms with E-state index in [4.69, 9.17) is 0 Å². The summed E-state index contributed by atoms with van der Waals surface area (Å²) in [5.74, 6) is 1.65. The number of aliphatic imine (C=N–C) groups is 1. The number of carbonyl (C=O) groups is 1. The number of aryl methyl sites for hydroxylation is 1. The van der Waals surface area contributed by atoms with Crippen LogP contribution in [0.15, 0.2) is 4.99 Å². The third-order valence-electron chi connectivity index (χ3n) is 2.67. The summed E-state index contributed by atoms with van der Waals surface area (Å²) in [5, 5.41) is 0. The molecule has 4 nitrogen and oxygen atoms in total. The normalized spacial score (nSPS) is 16.1. The summed E-state index contributed by atoms with van der Waals surface area (Å²) in [4.78, 5) is 20.7. The van der Waals surface area contributed by atoms with Gasteiger partial charge in [-0.2, -0.15) is 0 Å². The molecule has 0 atom stereocenters. The smallest absolute Gasteiger partial charge is 0.190 e. The number of imidazole rings is 1. The first-order valence-corrected chi connectivity index (χ1v) is 5.48. The van der Waals surface area contributed by atoms with Crippen LogP contribution in [-0.2, 0) is 5.54 Å². The summed E-state index contributed by atoms with van der Waals surface area (Å²) >= 11 is 0. The van der Waals surface area contributed by atoms with Crippen molar-refractivity contribution in [2.24, 2.45) is 4.99 Å². The molecule has 1 aromatic heterocycles. The fraction of sp³-hybridized carbons (Fsp3) is 0.583. The first-order chi connectivity index (χ1) is 7.30. The molecule has 0 amide bonds. The molecule has 2 heterocycles. The van der Waals surface area contributed by atoms with Gasteiger partial charge in [0.15, 0.2) is 17.3 Å². The Morgan fingerprint density at radius 2 is 1.88 bits per heavy atom. The number of Topliss-reactive ketones (excluding diaryl/α,β-unsaturated/α-hetero) is 1. The number of hydrogen-bond acceptors (Lipinski definition) is 3. The van der Waals surface area contributed by atoms with Gasteiger partial charge in [-0.05, 0) is 34.6 Å². The van der Waals surface area contributed by atoms with Crippen molar-refractivity contribution in [3.8, 4) is 0 Å².